The van der Waals surface area contributed by atoms with Crippen LogP contribution in [-0.4, -0.2) is 9.55 Å². The van der Waals surface area contributed by atoms with Crippen molar-refractivity contribution in [2.24, 2.45) is 5.92 Å². The van der Waals surface area contributed by atoms with Crippen LogP contribution in [0.3, 0.4) is 0 Å². The summed E-state index contributed by atoms with van der Waals surface area (Å²) >= 11 is 7.04. The van der Waals surface area contributed by atoms with E-state index < -0.39 is 0 Å². The van der Waals surface area contributed by atoms with E-state index in [4.69, 9.17) is 0 Å². The van der Waals surface area contributed by atoms with E-state index in [9.17, 15) is 0 Å². The van der Waals surface area contributed by atoms with Gasteiger partial charge in [0, 0.05) is 21.7 Å². The van der Waals surface area contributed by atoms with Crippen molar-refractivity contribution < 1.29 is 0 Å². The molecule has 1 aromatic heterocycles. The van der Waals surface area contributed by atoms with E-state index in [0.717, 1.165) is 32.8 Å². The fourth-order valence-electron chi connectivity index (χ4n) is 1.89. The molecule has 0 saturated carbocycles. The summed E-state index contributed by atoms with van der Waals surface area (Å²) in [5, 5.41) is 3.38. The number of anilines is 2. The van der Waals surface area contributed by atoms with E-state index in [1.807, 2.05) is 25.1 Å². The van der Waals surface area contributed by atoms with Gasteiger partial charge in [0.25, 0.3) is 0 Å². The van der Waals surface area contributed by atoms with Crippen LogP contribution >= 0.6 is 31.9 Å². The average molecular weight is 387 g/mol. The minimum absolute atomic E-state index is 0.583. The van der Waals surface area contributed by atoms with Crippen LogP contribution in [0, 0.1) is 12.8 Å². The van der Waals surface area contributed by atoms with E-state index in [1.165, 1.54) is 0 Å². The van der Waals surface area contributed by atoms with Crippen molar-refractivity contribution in [3.8, 4) is 0 Å². The van der Waals surface area contributed by atoms with Crippen molar-refractivity contribution in [2.45, 2.75) is 27.3 Å². The van der Waals surface area contributed by atoms with Crippen LogP contribution in [0.1, 0.15) is 19.5 Å². The van der Waals surface area contributed by atoms with E-state index in [1.54, 1.807) is 0 Å². The smallest absolute Gasteiger partial charge is 0.207 e. The zero-order valence-corrected chi connectivity index (χ0v) is 14.4. The molecule has 0 amide bonds. The molecule has 0 saturated heterocycles. The lowest BCUT2D eigenvalue weighted by atomic mass is 10.2. The Morgan fingerprint density at radius 2 is 2.05 bits per heavy atom. The van der Waals surface area contributed by atoms with Crippen LogP contribution in [0.15, 0.2) is 33.3 Å². The molecule has 0 aliphatic heterocycles. The fraction of sp³-hybridized carbons (Fsp3) is 0.357. The first-order valence-electron chi connectivity index (χ1n) is 6.21. The van der Waals surface area contributed by atoms with Gasteiger partial charge in [0.15, 0.2) is 0 Å². The Hall–Kier alpha value is -0.810. The summed E-state index contributed by atoms with van der Waals surface area (Å²) in [4.78, 5) is 4.55. The summed E-state index contributed by atoms with van der Waals surface area (Å²) in [6.45, 7) is 7.37. The molecule has 1 aromatic carbocycles. The number of aromatic nitrogens is 2. The van der Waals surface area contributed by atoms with Crippen LogP contribution in [-0.2, 0) is 6.54 Å². The highest BCUT2D eigenvalue weighted by Gasteiger charge is 2.09. The molecular formula is C14H17Br2N3. The predicted molar refractivity (Wildman–Crippen MR) is 86.9 cm³/mol. The molecule has 0 aliphatic carbocycles. The van der Waals surface area contributed by atoms with Crippen LogP contribution in [0.4, 0.5) is 11.6 Å². The average Bonchev–Trinajstić information content (AvgIpc) is 2.63. The maximum Gasteiger partial charge on any atom is 0.207 e. The Morgan fingerprint density at radius 3 is 2.74 bits per heavy atom. The van der Waals surface area contributed by atoms with Gasteiger partial charge >= 0.3 is 0 Å². The largest absolute Gasteiger partial charge is 0.325 e. The van der Waals surface area contributed by atoms with Crippen molar-refractivity contribution in [1.82, 2.24) is 9.55 Å². The van der Waals surface area contributed by atoms with Crippen molar-refractivity contribution in [3.63, 3.8) is 0 Å². The van der Waals surface area contributed by atoms with E-state index in [2.05, 4.69) is 66.8 Å². The number of hydrogen-bond acceptors (Lipinski definition) is 2. The molecule has 19 heavy (non-hydrogen) atoms. The summed E-state index contributed by atoms with van der Waals surface area (Å²) in [6.07, 6.45) is 2.08. The molecular weight excluding hydrogens is 370 g/mol. The summed E-state index contributed by atoms with van der Waals surface area (Å²) in [6, 6.07) is 6.05. The van der Waals surface area contributed by atoms with Gasteiger partial charge in [-0.1, -0.05) is 29.8 Å². The number of benzene rings is 1. The van der Waals surface area contributed by atoms with Crippen molar-refractivity contribution >= 4 is 43.5 Å². The topological polar surface area (TPSA) is 29.9 Å². The molecule has 2 rings (SSSR count). The third-order valence-corrected chi connectivity index (χ3v) is 3.82. The second-order valence-corrected chi connectivity index (χ2v) is 6.77. The molecule has 0 bridgehead atoms. The lowest BCUT2D eigenvalue weighted by Crippen LogP contribution is -2.07. The molecule has 5 heteroatoms. The van der Waals surface area contributed by atoms with Gasteiger partial charge in [-0.25, -0.2) is 4.98 Å². The normalized spacial score (nSPS) is 11.1. The molecule has 102 valence electrons. The zero-order valence-electron chi connectivity index (χ0n) is 11.2. The Labute approximate surface area is 130 Å². The third-order valence-electron chi connectivity index (χ3n) is 2.63. The lowest BCUT2D eigenvalue weighted by molar-refractivity contribution is 0.527. The lowest BCUT2D eigenvalue weighted by Gasteiger charge is -2.13. The maximum absolute atomic E-state index is 4.55. The first kappa shape index (κ1) is 14.6. The van der Waals surface area contributed by atoms with Crippen molar-refractivity contribution in [2.75, 3.05) is 5.32 Å². The SMILES string of the molecule is Cc1cn(CC(C)C)c(Nc2cc(Br)ccc2Br)n1. The number of nitrogens with one attached hydrogen (secondary N) is 1. The second-order valence-electron chi connectivity index (χ2n) is 5.00. The van der Waals surface area contributed by atoms with E-state index in [0.29, 0.717) is 5.92 Å². The number of nitrogens with zero attached hydrogens (tertiary/aromatic N) is 2. The van der Waals surface area contributed by atoms with Crippen LogP contribution in [0.5, 0.6) is 0 Å². The maximum atomic E-state index is 4.55. The summed E-state index contributed by atoms with van der Waals surface area (Å²) < 4.78 is 4.22. The molecule has 0 fully saturated rings. The minimum Gasteiger partial charge on any atom is -0.325 e. The van der Waals surface area contributed by atoms with Crippen LogP contribution in [0.25, 0.3) is 0 Å². The summed E-state index contributed by atoms with van der Waals surface area (Å²) in [5.41, 5.74) is 2.03. The number of hydrogen-bond donors (Lipinski definition) is 1. The molecule has 1 N–H and O–H groups in total. The van der Waals surface area contributed by atoms with Gasteiger partial charge in [0.2, 0.25) is 5.95 Å². The second kappa shape index (κ2) is 6.09. The Kier molecular flexibility index (Phi) is 4.68. The molecule has 0 radical (unpaired) electrons. The van der Waals surface area contributed by atoms with Gasteiger partial charge in [-0.05, 0) is 47.0 Å². The monoisotopic (exact) mass is 385 g/mol. The minimum atomic E-state index is 0.583. The molecule has 3 nitrogen and oxygen atoms in total. The van der Waals surface area contributed by atoms with E-state index in [-0.39, 0.29) is 0 Å². The van der Waals surface area contributed by atoms with Gasteiger partial charge in [-0.3, -0.25) is 0 Å². The number of rotatable bonds is 4. The fourth-order valence-corrected chi connectivity index (χ4v) is 2.60. The number of imidazole rings is 1. The van der Waals surface area contributed by atoms with Crippen LogP contribution in [0.2, 0.25) is 0 Å². The van der Waals surface area contributed by atoms with Crippen LogP contribution < -0.4 is 5.32 Å². The highest BCUT2D eigenvalue weighted by atomic mass is 79.9. The van der Waals surface area contributed by atoms with Gasteiger partial charge < -0.3 is 9.88 Å². The van der Waals surface area contributed by atoms with Crippen molar-refractivity contribution in [1.29, 1.82) is 0 Å². The highest BCUT2D eigenvalue weighted by Crippen LogP contribution is 2.29. The Morgan fingerprint density at radius 1 is 1.32 bits per heavy atom. The summed E-state index contributed by atoms with van der Waals surface area (Å²) in [5.74, 6) is 1.46. The van der Waals surface area contributed by atoms with E-state index >= 15 is 0 Å². The highest BCUT2D eigenvalue weighted by molar-refractivity contribution is 9.11. The number of halogens is 2. The first-order chi connectivity index (χ1) is 8.95. The molecule has 0 spiro atoms. The molecule has 2 aromatic rings. The van der Waals surface area contributed by atoms with Gasteiger partial charge in [-0.2, -0.15) is 0 Å². The molecule has 1 heterocycles. The van der Waals surface area contributed by atoms with Gasteiger partial charge in [0.05, 0.1) is 11.4 Å². The molecule has 0 unspecified atom stereocenters. The van der Waals surface area contributed by atoms with Gasteiger partial charge in [-0.15, -0.1) is 0 Å². The molecule has 0 atom stereocenters. The Balaban J connectivity index is 2.29. The third kappa shape index (κ3) is 3.83. The van der Waals surface area contributed by atoms with Gasteiger partial charge in [0.1, 0.15) is 0 Å². The molecule has 0 aliphatic rings. The predicted octanol–water partition coefficient (Wildman–Crippen LogP) is 5.12. The standard InChI is InChI=1S/C14H17Br2N3/c1-9(2)7-19-8-10(3)17-14(19)18-13-6-11(15)4-5-12(13)16/h4-6,8-9H,7H2,1-3H3,(H,17,18). The quantitative estimate of drug-likeness (QED) is 0.790. The zero-order chi connectivity index (χ0) is 14.0. The Bertz CT molecular complexity index is 576. The van der Waals surface area contributed by atoms with Crippen molar-refractivity contribution in [3.05, 3.63) is 39.0 Å². The first-order valence-corrected chi connectivity index (χ1v) is 7.80. The summed E-state index contributed by atoms with van der Waals surface area (Å²) in [7, 11) is 0. The number of aryl methyl sites for hydroxylation is 1.